The third-order valence-electron chi connectivity index (χ3n) is 4.01. The summed E-state index contributed by atoms with van der Waals surface area (Å²) in [5.41, 5.74) is 2.82. The molecule has 1 aliphatic carbocycles. The van der Waals surface area contributed by atoms with Gasteiger partial charge in [-0.15, -0.1) is 0 Å². The van der Waals surface area contributed by atoms with Gasteiger partial charge in [0.2, 0.25) is 0 Å². The van der Waals surface area contributed by atoms with Crippen LogP contribution in [0.5, 0.6) is 11.5 Å². The van der Waals surface area contributed by atoms with E-state index >= 15 is 0 Å². The largest absolute Gasteiger partial charge is 0.449 e. The number of allylic oxidation sites excluding steroid dienone is 1. The second kappa shape index (κ2) is 2.75. The van der Waals surface area contributed by atoms with Crippen molar-refractivity contribution in [1.82, 2.24) is 0 Å². The highest BCUT2D eigenvalue weighted by atomic mass is 16.6. The Balaban J connectivity index is 2.02. The molecule has 0 N–H and O–H groups in total. The summed E-state index contributed by atoms with van der Waals surface area (Å²) in [6.07, 6.45) is 5.55. The fourth-order valence-corrected chi connectivity index (χ4v) is 3.05. The lowest BCUT2D eigenvalue weighted by Gasteiger charge is -2.07. The van der Waals surface area contributed by atoms with Crippen molar-refractivity contribution < 1.29 is 4.74 Å². The minimum Gasteiger partial charge on any atom is -0.449 e. The van der Waals surface area contributed by atoms with Crippen LogP contribution in [-0.4, -0.2) is 0 Å². The maximum Gasteiger partial charge on any atom is 0.170 e. The van der Waals surface area contributed by atoms with Gasteiger partial charge >= 0.3 is 0 Å². The van der Waals surface area contributed by atoms with Crippen LogP contribution in [0.3, 0.4) is 0 Å². The van der Waals surface area contributed by atoms with Crippen LogP contribution in [0.15, 0.2) is 42.5 Å². The van der Waals surface area contributed by atoms with Crippen LogP contribution in [0.2, 0.25) is 0 Å². The maximum atomic E-state index is 5.41. The van der Waals surface area contributed by atoms with Gasteiger partial charge in [-0.3, -0.25) is 0 Å². The third-order valence-corrected chi connectivity index (χ3v) is 4.01. The third kappa shape index (κ3) is 0.975. The van der Waals surface area contributed by atoms with Crippen LogP contribution in [0.1, 0.15) is 11.1 Å². The summed E-state index contributed by atoms with van der Waals surface area (Å²) in [5, 5.41) is 5.25. The van der Waals surface area contributed by atoms with Crippen molar-refractivity contribution in [3.05, 3.63) is 53.6 Å². The minimum atomic E-state index is 1.03. The lowest BCUT2D eigenvalue weighted by molar-refractivity contribution is 0.650. The smallest absolute Gasteiger partial charge is 0.170 e. The quantitative estimate of drug-likeness (QED) is 0.316. The van der Waals surface area contributed by atoms with Gasteiger partial charge < -0.3 is 4.74 Å². The molecular weight excluding hydrogens is 220 g/mol. The first-order valence-electron chi connectivity index (χ1n) is 6.27. The monoisotopic (exact) mass is 230 g/mol. The van der Waals surface area contributed by atoms with Gasteiger partial charge in [-0.25, -0.2) is 0 Å². The van der Waals surface area contributed by atoms with Gasteiger partial charge in [0.15, 0.2) is 11.5 Å². The Labute approximate surface area is 104 Å². The predicted molar refractivity (Wildman–Crippen MR) is 74.3 cm³/mol. The summed E-state index contributed by atoms with van der Waals surface area (Å²) >= 11 is 0. The van der Waals surface area contributed by atoms with E-state index in [1.807, 2.05) is 0 Å². The second-order valence-electron chi connectivity index (χ2n) is 5.03. The highest BCUT2D eigenvalue weighted by Gasteiger charge is 2.21. The number of fused-ring (bicyclic) bond motifs is 6. The summed E-state index contributed by atoms with van der Waals surface area (Å²) in [7, 11) is 0. The zero-order valence-electron chi connectivity index (χ0n) is 9.73. The molecule has 0 bridgehead atoms. The van der Waals surface area contributed by atoms with E-state index in [4.69, 9.17) is 4.74 Å². The van der Waals surface area contributed by atoms with Crippen LogP contribution >= 0.6 is 0 Å². The molecule has 3 aromatic carbocycles. The molecule has 1 heteroatoms. The van der Waals surface area contributed by atoms with E-state index in [1.54, 1.807) is 0 Å². The second-order valence-corrected chi connectivity index (χ2v) is 5.03. The van der Waals surface area contributed by atoms with Gasteiger partial charge in [-0.2, -0.15) is 0 Å². The first-order chi connectivity index (χ1) is 8.90. The van der Waals surface area contributed by atoms with Crippen LogP contribution in [0, 0.1) is 0 Å². The predicted octanol–water partition coefficient (Wildman–Crippen LogP) is 4.67. The topological polar surface area (TPSA) is 12.5 Å². The molecule has 0 fully saturated rings. The molecule has 18 heavy (non-hydrogen) atoms. The normalized spacial score (nSPS) is 14.7. The van der Waals surface area contributed by atoms with Crippen LogP contribution in [-0.2, 0) is 6.42 Å². The van der Waals surface area contributed by atoms with E-state index in [0.717, 1.165) is 17.9 Å². The standard InChI is InChI=1S/C17H10O/c1-2-10-4-6-14-13(12(10)3-1)7-5-11-8-16-17(18-16)9-15(11)14/h1,3-9H,2H2. The molecule has 0 radical (unpaired) electrons. The molecule has 2 aliphatic rings. The van der Waals surface area contributed by atoms with E-state index < -0.39 is 0 Å². The van der Waals surface area contributed by atoms with Gasteiger partial charge in [0.25, 0.3) is 0 Å². The van der Waals surface area contributed by atoms with Crippen molar-refractivity contribution in [3.63, 3.8) is 0 Å². The molecule has 3 aromatic rings. The number of hydrogen-bond donors (Lipinski definition) is 0. The summed E-state index contributed by atoms with van der Waals surface area (Å²) in [6.45, 7) is 0. The molecule has 5 rings (SSSR count). The van der Waals surface area contributed by atoms with Gasteiger partial charge in [0.05, 0.1) is 0 Å². The molecule has 0 saturated carbocycles. The van der Waals surface area contributed by atoms with E-state index in [-0.39, 0.29) is 0 Å². The summed E-state index contributed by atoms with van der Waals surface area (Å²) in [5.74, 6) is 2.06. The Kier molecular flexibility index (Phi) is 1.34. The highest BCUT2D eigenvalue weighted by molar-refractivity contribution is 6.11. The molecule has 1 nitrogen and oxygen atoms in total. The lowest BCUT2D eigenvalue weighted by atomic mass is 9.96. The average molecular weight is 230 g/mol. The molecule has 1 heterocycles. The van der Waals surface area contributed by atoms with Gasteiger partial charge in [-0.05, 0) is 51.2 Å². The zero-order valence-corrected chi connectivity index (χ0v) is 9.73. The van der Waals surface area contributed by atoms with Crippen LogP contribution in [0.4, 0.5) is 0 Å². The molecule has 0 saturated heterocycles. The van der Waals surface area contributed by atoms with Crippen molar-refractivity contribution in [2.75, 3.05) is 0 Å². The summed E-state index contributed by atoms with van der Waals surface area (Å²) in [6, 6.07) is 13.2. The molecule has 0 atom stereocenters. The number of hydrogen-bond acceptors (Lipinski definition) is 1. The number of ether oxygens (including phenoxy) is 1. The van der Waals surface area contributed by atoms with Crippen LogP contribution < -0.4 is 4.74 Å². The SMILES string of the molecule is C1=Cc2c(ccc3c2ccc2cc4c(cc23)O4)C1. The van der Waals surface area contributed by atoms with E-state index in [2.05, 4.69) is 48.6 Å². The van der Waals surface area contributed by atoms with Crippen LogP contribution in [0.25, 0.3) is 27.6 Å². The Morgan fingerprint density at radius 2 is 1.72 bits per heavy atom. The van der Waals surface area contributed by atoms with E-state index in [0.29, 0.717) is 0 Å². The highest BCUT2D eigenvalue weighted by Crippen LogP contribution is 2.48. The van der Waals surface area contributed by atoms with Crippen molar-refractivity contribution >= 4 is 27.6 Å². The van der Waals surface area contributed by atoms with Gasteiger partial charge in [0, 0.05) is 0 Å². The fourth-order valence-electron chi connectivity index (χ4n) is 3.05. The molecule has 0 spiro atoms. The van der Waals surface area contributed by atoms with Crippen molar-refractivity contribution in [2.24, 2.45) is 0 Å². The summed E-state index contributed by atoms with van der Waals surface area (Å²) < 4.78 is 5.41. The van der Waals surface area contributed by atoms with Gasteiger partial charge in [0.1, 0.15) is 0 Å². The molecule has 0 amide bonds. The summed E-state index contributed by atoms with van der Waals surface area (Å²) in [4.78, 5) is 0. The molecule has 1 aliphatic heterocycles. The zero-order chi connectivity index (χ0) is 11.7. The Morgan fingerprint density at radius 3 is 2.72 bits per heavy atom. The molecule has 84 valence electrons. The molecule has 0 unspecified atom stereocenters. The molecular formula is C17H10O. The Hall–Kier alpha value is -2.28. The minimum absolute atomic E-state index is 1.03. The van der Waals surface area contributed by atoms with E-state index in [9.17, 15) is 0 Å². The number of rotatable bonds is 0. The average Bonchev–Trinajstić information content (AvgIpc) is 2.98. The van der Waals surface area contributed by atoms with Crippen molar-refractivity contribution in [1.29, 1.82) is 0 Å². The first-order valence-corrected chi connectivity index (χ1v) is 6.27. The fraction of sp³-hybridized carbons (Fsp3) is 0.0588. The van der Waals surface area contributed by atoms with Crippen molar-refractivity contribution in [3.8, 4) is 11.5 Å². The first kappa shape index (κ1) is 8.76. The maximum absolute atomic E-state index is 5.41. The van der Waals surface area contributed by atoms with Crippen molar-refractivity contribution in [2.45, 2.75) is 6.42 Å². The Bertz CT molecular complexity index is 872. The molecule has 0 aromatic heterocycles. The number of benzene rings is 3. The lowest BCUT2D eigenvalue weighted by Crippen LogP contribution is -1.84. The van der Waals surface area contributed by atoms with E-state index in [1.165, 1.54) is 32.7 Å². The Morgan fingerprint density at radius 1 is 0.833 bits per heavy atom. The van der Waals surface area contributed by atoms with Gasteiger partial charge in [-0.1, -0.05) is 36.4 Å².